The summed E-state index contributed by atoms with van der Waals surface area (Å²) in [6.07, 6.45) is 4.19. The average Bonchev–Trinajstić information content (AvgIpc) is 2.04. The van der Waals surface area contributed by atoms with E-state index < -0.39 is 17.9 Å². The second-order valence-corrected chi connectivity index (χ2v) is 3.51. The molecule has 0 aromatic rings. The number of carbonyl (C=O) groups is 2. The first kappa shape index (κ1) is 18.9. The molecule has 0 bridgehead atoms. The van der Waals surface area contributed by atoms with Gasteiger partial charge in [-0.1, -0.05) is 19.3 Å². The van der Waals surface area contributed by atoms with E-state index in [9.17, 15) is 19.8 Å². The zero-order valence-electron chi connectivity index (χ0n) is 9.32. The third-order valence-corrected chi connectivity index (χ3v) is 2.63. The molecule has 0 aromatic carbocycles. The van der Waals surface area contributed by atoms with E-state index in [1.807, 2.05) is 0 Å². The third-order valence-electron chi connectivity index (χ3n) is 2.63. The molecule has 0 spiro atoms. The van der Waals surface area contributed by atoms with Gasteiger partial charge in [-0.15, -0.1) is 0 Å². The predicted octanol–water partition coefficient (Wildman–Crippen LogP) is -7.31. The molecule has 1 aliphatic carbocycles. The maximum Gasteiger partial charge on any atom is 1.00 e. The SMILES string of the molecule is O=C([O-])C(C(=O)[O-])C1CCCCC1.[K+].[Na+]. The molecular weight excluding hydrogens is 234 g/mol. The molecule has 6 heteroatoms. The number of carboxylic acids is 2. The Hall–Kier alpha value is 1.58. The van der Waals surface area contributed by atoms with Crippen LogP contribution in [0.4, 0.5) is 0 Å². The average molecular weight is 246 g/mol. The van der Waals surface area contributed by atoms with Crippen molar-refractivity contribution < 1.29 is 101 Å². The van der Waals surface area contributed by atoms with E-state index in [1.54, 1.807) is 0 Å². The summed E-state index contributed by atoms with van der Waals surface area (Å²) in [7, 11) is 0. The summed E-state index contributed by atoms with van der Waals surface area (Å²) in [6.45, 7) is 0. The van der Waals surface area contributed by atoms with E-state index >= 15 is 0 Å². The van der Waals surface area contributed by atoms with Crippen LogP contribution in [0, 0.1) is 11.8 Å². The molecule has 74 valence electrons. The molecule has 1 rings (SSSR count). The van der Waals surface area contributed by atoms with Gasteiger partial charge >= 0.3 is 80.9 Å². The van der Waals surface area contributed by atoms with E-state index in [2.05, 4.69) is 0 Å². The van der Waals surface area contributed by atoms with E-state index in [4.69, 9.17) is 0 Å². The number of aliphatic carboxylic acids is 2. The van der Waals surface area contributed by atoms with Crippen molar-refractivity contribution in [3.63, 3.8) is 0 Å². The van der Waals surface area contributed by atoms with Crippen molar-refractivity contribution >= 4 is 11.9 Å². The second kappa shape index (κ2) is 9.59. The van der Waals surface area contributed by atoms with Crippen LogP contribution in [0.2, 0.25) is 0 Å². The van der Waals surface area contributed by atoms with Crippen molar-refractivity contribution in [2.45, 2.75) is 32.1 Å². The van der Waals surface area contributed by atoms with Crippen LogP contribution < -0.4 is 91.2 Å². The summed E-state index contributed by atoms with van der Waals surface area (Å²) >= 11 is 0. The van der Waals surface area contributed by atoms with Gasteiger partial charge in [-0.2, -0.15) is 0 Å². The van der Waals surface area contributed by atoms with Gasteiger partial charge in [0, 0.05) is 5.92 Å². The molecule has 0 heterocycles. The normalized spacial score (nSPS) is 16.3. The molecule has 0 amide bonds. The third kappa shape index (κ3) is 6.17. The van der Waals surface area contributed by atoms with Crippen molar-refractivity contribution in [1.82, 2.24) is 0 Å². The van der Waals surface area contributed by atoms with Gasteiger partial charge in [-0.25, -0.2) is 0 Å². The topological polar surface area (TPSA) is 80.3 Å². The summed E-state index contributed by atoms with van der Waals surface area (Å²) in [5, 5.41) is 21.0. The van der Waals surface area contributed by atoms with Crippen LogP contribution in [0.1, 0.15) is 32.1 Å². The fraction of sp³-hybridized carbons (Fsp3) is 0.778. The molecule has 0 saturated heterocycles. The molecule has 0 aliphatic heterocycles. The summed E-state index contributed by atoms with van der Waals surface area (Å²) in [5.41, 5.74) is 0. The van der Waals surface area contributed by atoms with Crippen molar-refractivity contribution in [3.05, 3.63) is 0 Å². The number of hydrogen-bond donors (Lipinski definition) is 0. The molecule has 1 fully saturated rings. The standard InChI is InChI=1S/C9H14O4.K.Na/c10-8(11)7(9(12)13)6-4-2-1-3-5-6;;/h6-7H,1-5H2,(H,10,11)(H,12,13);;/q;2*+1/p-2. The van der Waals surface area contributed by atoms with Crippen molar-refractivity contribution in [1.29, 1.82) is 0 Å². The van der Waals surface area contributed by atoms with E-state index in [0.717, 1.165) is 19.3 Å². The summed E-state index contributed by atoms with van der Waals surface area (Å²) in [6, 6.07) is 0. The van der Waals surface area contributed by atoms with Crippen LogP contribution >= 0.6 is 0 Å². The van der Waals surface area contributed by atoms with Gasteiger partial charge in [-0.05, 0) is 18.8 Å². The first-order chi connectivity index (χ1) is 6.13. The molecule has 0 N–H and O–H groups in total. The zero-order chi connectivity index (χ0) is 9.84. The Labute approximate surface area is 154 Å². The van der Waals surface area contributed by atoms with Crippen molar-refractivity contribution in [2.75, 3.05) is 0 Å². The minimum Gasteiger partial charge on any atom is -0.549 e. The number of carboxylic acid groups (broad SMARTS) is 2. The first-order valence-corrected chi connectivity index (χ1v) is 4.54. The fourth-order valence-electron chi connectivity index (χ4n) is 1.95. The molecule has 0 atom stereocenters. The minimum atomic E-state index is -1.51. The van der Waals surface area contributed by atoms with Gasteiger partial charge in [-0.3, -0.25) is 0 Å². The zero-order valence-corrected chi connectivity index (χ0v) is 14.4. The van der Waals surface area contributed by atoms with Crippen LogP contribution in [-0.2, 0) is 9.59 Å². The Morgan fingerprint density at radius 2 is 1.40 bits per heavy atom. The molecule has 1 saturated carbocycles. The van der Waals surface area contributed by atoms with Crippen LogP contribution in [0.15, 0.2) is 0 Å². The molecule has 4 nitrogen and oxygen atoms in total. The molecule has 15 heavy (non-hydrogen) atoms. The van der Waals surface area contributed by atoms with E-state index in [0.29, 0.717) is 12.8 Å². The van der Waals surface area contributed by atoms with Gasteiger partial charge in [0.25, 0.3) is 0 Å². The minimum absolute atomic E-state index is 0. The Kier molecular flexibility index (Phi) is 12.1. The summed E-state index contributed by atoms with van der Waals surface area (Å²) in [5.74, 6) is -4.72. The monoisotopic (exact) mass is 246 g/mol. The van der Waals surface area contributed by atoms with Gasteiger partial charge in [0.05, 0.1) is 11.9 Å². The quantitative estimate of drug-likeness (QED) is 0.366. The van der Waals surface area contributed by atoms with Gasteiger partial charge in [0.2, 0.25) is 0 Å². The Balaban J connectivity index is 0. The summed E-state index contributed by atoms with van der Waals surface area (Å²) in [4.78, 5) is 21.0. The molecule has 0 unspecified atom stereocenters. The Morgan fingerprint density at radius 1 is 1.00 bits per heavy atom. The van der Waals surface area contributed by atoms with Crippen LogP contribution in [-0.4, -0.2) is 11.9 Å². The smallest absolute Gasteiger partial charge is 0.549 e. The van der Waals surface area contributed by atoms with E-state index in [-0.39, 0.29) is 86.9 Å². The van der Waals surface area contributed by atoms with Gasteiger partial charge in [0.1, 0.15) is 0 Å². The second-order valence-electron chi connectivity index (χ2n) is 3.51. The largest absolute Gasteiger partial charge is 1.00 e. The van der Waals surface area contributed by atoms with Crippen molar-refractivity contribution in [2.24, 2.45) is 11.8 Å². The number of rotatable bonds is 3. The Bertz CT molecular complexity index is 202. The van der Waals surface area contributed by atoms with Gasteiger partial charge < -0.3 is 19.8 Å². The maximum atomic E-state index is 10.5. The number of hydrogen-bond acceptors (Lipinski definition) is 4. The molecule has 0 radical (unpaired) electrons. The van der Waals surface area contributed by atoms with Crippen LogP contribution in [0.25, 0.3) is 0 Å². The maximum absolute atomic E-state index is 10.5. The number of carbonyl (C=O) groups excluding carboxylic acids is 2. The Morgan fingerprint density at radius 3 is 1.73 bits per heavy atom. The van der Waals surface area contributed by atoms with Crippen molar-refractivity contribution in [3.8, 4) is 0 Å². The van der Waals surface area contributed by atoms with Crippen LogP contribution in [0.5, 0.6) is 0 Å². The molecule has 0 aromatic heterocycles. The molecular formula is C9H12KNaO4. The summed E-state index contributed by atoms with van der Waals surface area (Å²) < 4.78 is 0. The van der Waals surface area contributed by atoms with Crippen LogP contribution in [0.3, 0.4) is 0 Å². The fourth-order valence-corrected chi connectivity index (χ4v) is 1.95. The van der Waals surface area contributed by atoms with Gasteiger partial charge in [0.15, 0.2) is 0 Å². The molecule has 1 aliphatic rings. The van der Waals surface area contributed by atoms with E-state index in [1.165, 1.54) is 0 Å². The first-order valence-electron chi connectivity index (χ1n) is 4.54. The predicted molar refractivity (Wildman–Crippen MR) is 40.1 cm³/mol.